The molecule has 0 aromatic heterocycles. The molecule has 6 aliphatic rings. The van der Waals surface area contributed by atoms with Gasteiger partial charge in [0.15, 0.2) is 0 Å². The van der Waals surface area contributed by atoms with Gasteiger partial charge in [0.1, 0.15) is 35.6 Å². The lowest BCUT2D eigenvalue weighted by Gasteiger charge is -2.34. The summed E-state index contributed by atoms with van der Waals surface area (Å²) in [5.41, 5.74) is -0.603. The van der Waals surface area contributed by atoms with Crippen LogP contribution in [0.3, 0.4) is 0 Å². The molecule has 4 unspecified atom stereocenters. The SMILES string of the molecule is O=C(NC1CCCCC/C=C\C2CC2(C(=O)NS(=O)(=O)C2CC2)NC(=O)C2C[C@@H](OC(=O)N3Cc4cccc(F)c4C3)[C@H](CCCO)N2C1=O)OC1CCCC1. The zero-order chi connectivity index (χ0) is 39.6. The topological polar surface area (TPSA) is 201 Å². The number of fused-ring (bicyclic) bond motifs is 3. The van der Waals surface area contributed by atoms with Gasteiger partial charge in [-0.1, -0.05) is 37.1 Å². The average Bonchev–Trinajstić information content (AvgIpc) is 3.97. The maximum atomic E-state index is 14.9. The normalized spacial score (nSPS) is 30.2. The molecule has 3 aliphatic heterocycles. The van der Waals surface area contributed by atoms with Crippen molar-refractivity contribution in [1.82, 2.24) is 25.2 Å². The second kappa shape index (κ2) is 16.7. The number of allylic oxidation sites excluding steroid dienone is 1. The van der Waals surface area contributed by atoms with Crippen molar-refractivity contribution in [2.24, 2.45) is 5.92 Å². The Morgan fingerprint density at radius 2 is 1.77 bits per heavy atom. The monoisotopic (exact) mass is 801 g/mol. The zero-order valence-electron chi connectivity index (χ0n) is 31.5. The molecule has 4 N–H and O–H groups in total. The van der Waals surface area contributed by atoms with Crippen LogP contribution in [-0.4, -0.2) is 101 Å². The van der Waals surface area contributed by atoms with E-state index in [-0.39, 0.29) is 57.9 Å². The van der Waals surface area contributed by atoms with Crippen LogP contribution >= 0.6 is 0 Å². The lowest BCUT2D eigenvalue weighted by Crippen LogP contribution is -2.59. The number of hydrogen-bond donors (Lipinski definition) is 4. The smallest absolute Gasteiger partial charge is 0.410 e. The van der Waals surface area contributed by atoms with Gasteiger partial charge in [0.05, 0.1) is 17.8 Å². The molecule has 306 valence electrons. The minimum Gasteiger partial charge on any atom is -0.446 e. The van der Waals surface area contributed by atoms with E-state index in [1.165, 1.54) is 15.9 Å². The molecular weight excluding hydrogens is 750 g/mol. The maximum absolute atomic E-state index is 14.9. The Morgan fingerprint density at radius 1 is 1.00 bits per heavy atom. The van der Waals surface area contributed by atoms with Crippen molar-refractivity contribution in [3.8, 4) is 0 Å². The minimum absolute atomic E-state index is 0.0349. The van der Waals surface area contributed by atoms with E-state index in [9.17, 15) is 41.9 Å². The van der Waals surface area contributed by atoms with E-state index in [0.717, 1.165) is 32.1 Å². The van der Waals surface area contributed by atoms with Crippen LogP contribution in [0.15, 0.2) is 30.4 Å². The summed E-state index contributed by atoms with van der Waals surface area (Å²) in [6.07, 6.45) is 8.15. The van der Waals surface area contributed by atoms with Crippen molar-refractivity contribution in [1.29, 1.82) is 0 Å². The number of carbonyl (C=O) groups is 5. The lowest BCUT2D eigenvalue weighted by atomic mass is 10.0. The van der Waals surface area contributed by atoms with Gasteiger partial charge in [0.2, 0.25) is 21.8 Å². The van der Waals surface area contributed by atoms with Gasteiger partial charge in [-0.2, -0.15) is 0 Å². The van der Waals surface area contributed by atoms with E-state index in [0.29, 0.717) is 43.2 Å². The number of nitrogens with zero attached hydrogens (tertiary/aromatic N) is 2. The molecule has 4 fully saturated rings. The standard InChI is InChI=1S/C39H52FN5O10S/c40-29-14-8-10-24-22-44(23-28(24)29)38(51)55-33-20-32-34(47)42-39(36(49)43-56(52,53)27-17-18-27)21-25(39)11-4-2-1-3-5-15-30(35(48)45(32)31(33)16-9-19-46)41-37(50)54-26-12-6-7-13-26/h4,8,10-11,14,25-27,30-33,46H,1-3,5-7,9,12-13,15-23H2,(H,41,50)(H,42,47)(H,43,49)/b11-4-/t25?,30?,31-,32?,33+,39?/m0/s1. The Hall–Kier alpha value is -4.25. The van der Waals surface area contributed by atoms with E-state index in [2.05, 4.69) is 15.4 Å². The highest BCUT2D eigenvalue weighted by molar-refractivity contribution is 7.91. The molecular formula is C39H52FN5O10S. The molecule has 3 saturated carbocycles. The van der Waals surface area contributed by atoms with E-state index >= 15 is 0 Å². The summed E-state index contributed by atoms with van der Waals surface area (Å²) in [6.45, 7) is -0.205. The summed E-state index contributed by atoms with van der Waals surface area (Å²) >= 11 is 0. The van der Waals surface area contributed by atoms with Crippen molar-refractivity contribution in [3.05, 3.63) is 47.3 Å². The zero-order valence-corrected chi connectivity index (χ0v) is 32.3. The minimum atomic E-state index is -3.96. The number of alkyl carbamates (subject to hydrolysis) is 1. The van der Waals surface area contributed by atoms with Gasteiger partial charge in [-0.15, -0.1) is 0 Å². The summed E-state index contributed by atoms with van der Waals surface area (Å²) in [4.78, 5) is 72.8. The second-order valence-electron chi connectivity index (χ2n) is 16.1. The molecule has 6 atom stereocenters. The molecule has 17 heteroatoms. The van der Waals surface area contributed by atoms with Crippen molar-refractivity contribution in [2.45, 2.75) is 151 Å². The van der Waals surface area contributed by atoms with Crippen molar-refractivity contribution < 1.29 is 51.4 Å². The highest BCUT2D eigenvalue weighted by Gasteiger charge is 2.62. The molecule has 56 heavy (non-hydrogen) atoms. The van der Waals surface area contributed by atoms with Crippen molar-refractivity contribution >= 4 is 39.9 Å². The van der Waals surface area contributed by atoms with Crippen molar-refractivity contribution in [3.63, 3.8) is 0 Å². The Morgan fingerprint density at radius 3 is 2.50 bits per heavy atom. The third kappa shape index (κ3) is 8.67. The highest BCUT2D eigenvalue weighted by atomic mass is 32.2. The molecule has 5 amide bonds. The molecule has 1 aromatic carbocycles. The van der Waals surface area contributed by atoms with Gasteiger partial charge in [-0.05, 0) is 88.7 Å². The summed E-state index contributed by atoms with van der Waals surface area (Å²) in [7, 11) is -3.96. The van der Waals surface area contributed by atoms with Crippen LogP contribution in [0.1, 0.15) is 107 Å². The van der Waals surface area contributed by atoms with Gasteiger partial charge in [-0.25, -0.2) is 22.4 Å². The van der Waals surface area contributed by atoms with Crippen LogP contribution in [-0.2, 0) is 47.0 Å². The first kappa shape index (κ1) is 40.0. The van der Waals surface area contributed by atoms with Gasteiger partial charge < -0.3 is 30.1 Å². The Balaban J connectivity index is 1.19. The van der Waals surface area contributed by atoms with Crippen LogP contribution in [0.25, 0.3) is 0 Å². The fraction of sp³-hybridized carbons (Fsp3) is 0.667. The van der Waals surface area contributed by atoms with Crippen molar-refractivity contribution in [2.75, 3.05) is 6.61 Å². The predicted molar refractivity (Wildman–Crippen MR) is 198 cm³/mol. The first-order chi connectivity index (χ1) is 26.9. The summed E-state index contributed by atoms with van der Waals surface area (Å²) in [5, 5.41) is 14.8. The number of amides is 5. The molecule has 3 heterocycles. The van der Waals surface area contributed by atoms with Gasteiger partial charge in [0, 0.05) is 31.1 Å². The first-order valence-electron chi connectivity index (χ1n) is 20.1. The third-order valence-electron chi connectivity index (χ3n) is 12.1. The van der Waals surface area contributed by atoms with Crippen LogP contribution in [0.2, 0.25) is 0 Å². The Kier molecular flexibility index (Phi) is 11.9. The highest BCUT2D eigenvalue weighted by Crippen LogP contribution is 2.46. The molecule has 0 spiro atoms. The number of carbonyl (C=O) groups excluding carboxylic acids is 5. The van der Waals surface area contributed by atoms with E-state index in [1.807, 2.05) is 12.2 Å². The number of ether oxygens (including phenoxy) is 2. The molecule has 3 aliphatic carbocycles. The fourth-order valence-corrected chi connectivity index (χ4v) is 10.1. The number of aliphatic hydroxyl groups excluding tert-OH is 1. The lowest BCUT2D eigenvalue weighted by molar-refractivity contribution is -0.143. The molecule has 7 rings (SSSR count). The number of benzene rings is 1. The predicted octanol–water partition coefficient (Wildman–Crippen LogP) is 3.43. The Labute approximate surface area is 326 Å². The van der Waals surface area contributed by atoms with Crippen LogP contribution < -0.4 is 15.4 Å². The number of nitrogens with one attached hydrogen (secondary N) is 3. The average molecular weight is 802 g/mol. The van der Waals surface area contributed by atoms with Gasteiger partial charge >= 0.3 is 12.2 Å². The quantitative estimate of drug-likeness (QED) is 0.268. The number of halogens is 1. The van der Waals surface area contributed by atoms with Crippen LogP contribution in [0.4, 0.5) is 14.0 Å². The number of sulfonamides is 1. The Bertz CT molecular complexity index is 1830. The second-order valence-corrected chi connectivity index (χ2v) is 18.1. The third-order valence-corrected chi connectivity index (χ3v) is 13.9. The number of rotatable bonds is 9. The van der Waals surface area contributed by atoms with Gasteiger partial charge in [0.25, 0.3) is 5.91 Å². The van der Waals surface area contributed by atoms with E-state index in [4.69, 9.17) is 9.47 Å². The van der Waals surface area contributed by atoms with Gasteiger partial charge in [-0.3, -0.25) is 24.0 Å². The summed E-state index contributed by atoms with van der Waals surface area (Å²) in [6, 6.07) is 1.23. The molecule has 0 bridgehead atoms. The molecule has 1 aromatic rings. The molecule has 0 radical (unpaired) electrons. The van der Waals surface area contributed by atoms with E-state index < -0.39 is 86.7 Å². The fourth-order valence-electron chi connectivity index (χ4n) is 8.70. The van der Waals surface area contributed by atoms with E-state index in [1.54, 1.807) is 12.1 Å². The summed E-state index contributed by atoms with van der Waals surface area (Å²) in [5.74, 6) is -3.18. The van der Waals surface area contributed by atoms with Crippen LogP contribution in [0.5, 0.6) is 0 Å². The largest absolute Gasteiger partial charge is 0.446 e. The molecule has 15 nitrogen and oxygen atoms in total. The summed E-state index contributed by atoms with van der Waals surface area (Å²) < 4.78 is 54.3. The number of aliphatic hydroxyl groups is 1. The molecule has 1 saturated heterocycles. The number of hydrogen-bond acceptors (Lipinski definition) is 10. The first-order valence-corrected chi connectivity index (χ1v) is 21.6. The van der Waals surface area contributed by atoms with Crippen LogP contribution in [0, 0.1) is 11.7 Å². The maximum Gasteiger partial charge on any atom is 0.410 e.